The first kappa shape index (κ1) is 16.0. The van der Waals surface area contributed by atoms with Crippen LogP contribution in [-0.2, 0) is 0 Å². The quantitative estimate of drug-likeness (QED) is 0.803. The number of carbonyl (C=O) groups excluding carboxylic acids is 1. The SMILES string of the molecule is CC(C)(O)C#Cc1ccc(C(=O)N2CCN3CCCC3C2)cc1. The van der Waals surface area contributed by atoms with Crippen molar-refractivity contribution in [1.82, 2.24) is 9.80 Å². The van der Waals surface area contributed by atoms with Gasteiger partial charge in [0.2, 0.25) is 0 Å². The third kappa shape index (κ3) is 3.93. The third-order valence-corrected chi connectivity index (χ3v) is 4.52. The molecule has 2 heterocycles. The van der Waals surface area contributed by atoms with Gasteiger partial charge in [0.15, 0.2) is 0 Å². The van der Waals surface area contributed by atoms with Crippen LogP contribution in [0.5, 0.6) is 0 Å². The van der Waals surface area contributed by atoms with Crippen molar-refractivity contribution in [2.45, 2.75) is 38.3 Å². The maximum Gasteiger partial charge on any atom is 0.253 e. The first-order chi connectivity index (χ1) is 10.9. The second kappa shape index (κ2) is 6.35. The topological polar surface area (TPSA) is 43.8 Å². The second-order valence-corrected chi connectivity index (χ2v) is 6.97. The fraction of sp³-hybridized carbons (Fsp3) is 0.526. The summed E-state index contributed by atoms with van der Waals surface area (Å²) in [6.07, 6.45) is 2.45. The van der Waals surface area contributed by atoms with Gasteiger partial charge in [0.1, 0.15) is 5.60 Å². The summed E-state index contributed by atoms with van der Waals surface area (Å²) in [6, 6.07) is 7.90. The molecular weight excluding hydrogens is 288 g/mol. The summed E-state index contributed by atoms with van der Waals surface area (Å²) in [7, 11) is 0. The molecule has 1 amide bonds. The Kier molecular flexibility index (Phi) is 4.43. The van der Waals surface area contributed by atoms with E-state index in [1.807, 2.05) is 29.2 Å². The number of hydrogen-bond acceptors (Lipinski definition) is 3. The van der Waals surface area contributed by atoms with E-state index in [9.17, 15) is 9.90 Å². The van der Waals surface area contributed by atoms with Crippen LogP contribution < -0.4 is 0 Å². The van der Waals surface area contributed by atoms with Gasteiger partial charge < -0.3 is 10.0 Å². The van der Waals surface area contributed by atoms with Gasteiger partial charge in [-0.1, -0.05) is 11.8 Å². The number of benzene rings is 1. The Morgan fingerprint density at radius 3 is 2.65 bits per heavy atom. The van der Waals surface area contributed by atoms with Gasteiger partial charge in [0, 0.05) is 36.8 Å². The van der Waals surface area contributed by atoms with Crippen molar-refractivity contribution >= 4 is 5.91 Å². The van der Waals surface area contributed by atoms with Crippen molar-refractivity contribution < 1.29 is 9.90 Å². The van der Waals surface area contributed by atoms with E-state index in [1.54, 1.807) is 13.8 Å². The highest BCUT2D eigenvalue weighted by molar-refractivity contribution is 5.94. The average molecular weight is 312 g/mol. The Labute approximate surface area is 138 Å². The van der Waals surface area contributed by atoms with Crippen LogP contribution in [0.25, 0.3) is 0 Å². The zero-order valence-electron chi connectivity index (χ0n) is 13.9. The van der Waals surface area contributed by atoms with Crippen molar-refractivity contribution in [2.75, 3.05) is 26.2 Å². The van der Waals surface area contributed by atoms with Crippen molar-refractivity contribution in [3.05, 3.63) is 35.4 Å². The Hall–Kier alpha value is -1.83. The van der Waals surface area contributed by atoms with Gasteiger partial charge in [-0.05, 0) is 57.5 Å². The Bertz CT molecular complexity index is 634. The van der Waals surface area contributed by atoms with E-state index in [1.165, 1.54) is 19.4 Å². The average Bonchev–Trinajstić information content (AvgIpc) is 2.99. The first-order valence-corrected chi connectivity index (χ1v) is 8.31. The monoisotopic (exact) mass is 312 g/mol. The summed E-state index contributed by atoms with van der Waals surface area (Å²) < 4.78 is 0. The Morgan fingerprint density at radius 2 is 1.96 bits per heavy atom. The molecule has 1 aromatic rings. The number of hydrogen-bond donors (Lipinski definition) is 1. The Morgan fingerprint density at radius 1 is 1.22 bits per heavy atom. The predicted octanol–water partition coefficient (Wildman–Crippen LogP) is 1.73. The van der Waals surface area contributed by atoms with E-state index >= 15 is 0 Å². The van der Waals surface area contributed by atoms with Crippen LogP contribution in [-0.4, -0.2) is 58.6 Å². The molecule has 0 bridgehead atoms. The number of nitrogens with zero attached hydrogens (tertiary/aromatic N) is 2. The van der Waals surface area contributed by atoms with Crippen LogP contribution in [0.1, 0.15) is 42.6 Å². The minimum Gasteiger partial charge on any atom is -0.378 e. The van der Waals surface area contributed by atoms with Crippen molar-refractivity contribution in [3.63, 3.8) is 0 Å². The molecule has 3 rings (SSSR count). The van der Waals surface area contributed by atoms with Crippen LogP contribution >= 0.6 is 0 Å². The Balaban J connectivity index is 1.67. The zero-order valence-corrected chi connectivity index (χ0v) is 13.9. The summed E-state index contributed by atoms with van der Waals surface area (Å²) in [5, 5.41) is 9.63. The molecule has 0 radical (unpaired) electrons. The van der Waals surface area contributed by atoms with Gasteiger partial charge >= 0.3 is 0 Å². The molecule has 1 N–H and O–H groups in total. The number of rotatable bonds is 1. The molecule has 0 saturated carbocycles. The molecule has 2 aliphatic heterocycles. The van der Waals surface area contributed by atoms with Gasteiger partial charge in [0.05, 0.1) is 0 Å². The molecule has 122 valence electrons. The fourth-order valence-corrected chi connectivity index (χ4v) is 3.28. The largest absolute Gasteiger partial charge is 0.378 e. The molecule has 1 aromatic carbocycles. The smallest absolute Gasteiger partial charge is 0.253 e. The molecule has 23 heavy (non-hydrogen) atoms. The van der Waals surface area contributed by atoms with Gasteiger partial charge in [0.25, 0.3) is 5.91 Å². The van der Waals surface area contributed by atoms with Crippen LogP contribution in [0.3, 0.4) is 0 Å². The van der Waals surface area contributed by atoms with E-state index < -0.39 is 5.60 Å². The molecule has 0 aliphatic carbocycles. The normalized spacial score (nSPS) is 21.5. The van der Waals surface area contributed by atoms with Crippen LogP contribution in [0.4, 0.5) is 0 Å². The number of amides is 1. The third-order valence-electron chi connectivity index (χ3n) is 4.52. The molecular formula is C19H24N2O2. The molecule has 1 atom stereocenters. The lowest BCUT2D eigenvalue weighted by Gasteiger charge is -2.37. The number of piperazine rings is 1. The maximum absolute atomic E-state index is 12.6. The summed E-state index contributed by atoms with van der Waals surface area (Å²) in [4.78, 5) is 17.1. The summed E-state index contributed by atoms with van der Waals surface area (Å²) >= 11 is 0. The number of fused-ring (bicyclic) bond motifs is 1. The van der Waals surface area contributed by atoms with Crippen molar-refractivity contribution in [1.29, 1.82) is 0 Å². The summed E-state index contributed by atoms with van der Waals surface area (Å²) in [6.45, 7) is 7.14. The molecule has 0 spiro atoms. The highest BCUT2D eigenvalue weighted by Crippen LogP contribution is 2.22. The molecule has 1 unspecified atom stereocenters. The summed E-state index contributed by atoms with van der Waals surface area (Å²) in [5.41, 5.74) is 0.518. The highest BCUT2D eigenvalue weighted by atomic mass is 16.3. The van der Waals surface area contributed by atoms with Gasteiger partial charge in [-0.25, -0.2) is 0 Å². The number of aliphatic hydroxyl groups is 1. The lowest BCUT2D eigenvalue weighted by Crippen LogP contribution is -2.52. The van der Waals surface area contributed by atoms with Crippen LogP contribution in [0, 0.1) is 11.8 Å². The standard InChI is InChI=1S/C19H24N2O2/c1-19(2,23)10-9-15-5-7-16(8-6-15)18(22)21-13-12-20-11-3-4-17(20)14-21/h5-8,17,23H,3-4,11-14H2,1-2H3. The molecule has 2 fully saturated rings. The molecule has 2 saturated heterocycles. The van der Waals surface area contributed by atoms with E-state index in [0.29, 0.717) is 11.6 Å². The maximum atomic E-state index is 12.6. The van der Waals surface area contributed by atoms with E-state index in [0.717, 1.165) is 25.2 Å². The van der Waals surface area contributed by atoms with Crippen molar-refractivity contribution in [2.24, 2.45) is 0 Å². The van der Waals surface area contributed by atoms with Crippen molar-refractivity contribution in [3.8, 4) is 11.8 Å². The summed E-state index contributed by atoms with van der Waals surface area (Å²) in [5.74, 6) is 5.82. The van der Waals surface area contributed by atoms with Gasteiger partial charge in [-0.15, -0.1) is 0 Å². The second-order valence-electron chi connectivity index (χ2n) is 6.97. The lowest BCUT2D eigenvalue weighted by molar-refractivity contribution is 0.0571. The molecule has 4 nitrogen and oxygen atoms in total. The lowest BCUT2D eigenvalue weighted by atomic mass is 10.1. The van der Waals surface area contributed by atoms with Crippen LogP contribution in [0.2, 0.25) is 0 Å². The number of carbonyl (C=O) groups is 1. The van der Waals surface area contributed by atoms with E-state index in [2.05, 4.69) is 16.7 Å². The minimum absolute atomic E-state index is 0.110. The highest BCUT2D eigenvalue weighted by Gasteiger charge is 2.32. The van der Waals surface area contributed by atoms with E-state index in [-0.39, 0.29) is 5.91 Å². The molecule has 0 aromatic heterocycles. The zero-order chi connectivity index (χ0) is 16.4. The van der Waals surface area contributed by atoms with Crippen LogP contribution in [0.15, 0.2) is 24.3 Å². The van der Waals surface area contributed by atoms with Gasteiger partial charge in [-0.3, -0.25) is 9.69 Å². The fourth-order valence-electron chi connectivity index (χ4n) is 3.28. The molecule has 2 aliphatic rings. The van der Waals surface area contributed by atoms with E-state index in [4.69, 9.17) is 0 Å². The first-order valence-electron chi connectivity index (χ1n) is 8.31. The molecule has 4 heteroatoms. The predicted molar refractivity (Wildman–Crippen MR) is 90.1 cm³/mol. The minimum atomic E-state index is -1.00. The van der Waals surface area contributed by atoms with Gasteiger partial charge in [-0.2, -0.15) is 0 Å².